The van der Waals surface area contributed by atoms with Gasteiger partial charge < -0.3 is 10.1 Å². The van der Waals surface area contributed by atoms with E-state index in [0.29, 0.717) is 26.7 Å². The minimum Gasteiger partial charge on any atom is -0.489 e. The topological polar surface area (TPSA) is 21.3 Å². The second-order valence-electron chi connectivity index (χ2n) is 6.30. The van der Waals surface area contributed by atoms with Crippen molar-refractivity contribution in [3.8, 4) is 5.75 Å². The second-order valence-corrected chi connectivity index (χ2v) is 7.95. The van der Waals surface area contributed by atoms with Crippen LogP contribution in [-0.4, -0.2) is 6.54 Å². The predicted molar refractivity (Wildman–Crippen MR) is 119 cm³/mol. The van der Waals surface area contributed by atoms with Gasteiger partial charge in [0.05, 0.1) is 0 Å². The minimum atomic E-state index is 0.331. The SMILES string of the molecule is Clc1ccc(CCNCc2ccc(OCc3c(Cl)cccc3Cl)cc2)c(Cl)c1. The van der Waals surface area contributed by atoms with Gasteiger partial charge in [0, 0.05) is 32.2 Å². The molecule has 0 fully saturated rings. The van der Waals surface area contributed by atoms with Crippen molar-refractivity contribution in [2.24, 2.45) is 0 Å². The van der Waals surface area contributed by atoms with Gasteiger partial charge in [-0.2, -0.15) is 0 Å². The normalized spacial score (nSPS) is 10.9. The molecule has 3 aromatic carbocycles. The Kier molecular flexibility index (Phi) is 7.90. The first-order chi connectivity index (χ1) is 13.5. The molecule has 2 nitrogen and oxygen atoms in total. The largest absolute Gasteiger partial charge is 0.489 e. The summed E-state index contributed by atoms with van der Waals surface area (Å²) in [5, 5.41) is 5.98. The second kappa shape index (κ2) is 10.4. The molecule has 0 atom stereocenters. The molecule has 28 heavy (non-hydrogen) atoms. The van der Waals surface area contributed by atoms with Gasteiger partial charge in [-0.15, -0.1) is 0 Å². The molecule has 0 aromatic heterocycles. The van der Waals surface area contributed by atoms with Gasteiger partial charge in [-0.05, 0) is 60.5 Å². The van der Waals surface area contributed by atoms with E-state index < -0.39 is 0 Å². The van der Waals surface area contributed by atoms with Crippen LogP contribution in [0.3, 0.4) is 0 Å². The van der Waals surface area contributed by atoms with Crippen molar-refractivity contribution >= 4 is 46.4 Å². The van der Waals surface area contributed by atoms with Gasteiger partial charge in [0.25, 0.3) is 0 Å². The van der Waals surface area contributed by atoms with Crippen molar-refractivity contribution in [3.63, 3.8) is 0 Å². The number of rotatable bonds is 8. The van der Waals surface area contributed by atoms with Crippen molar-refractivity contribution in [1.29, 1.82) is 0 Å². The molecule has 3 aromatic rings. The van der Waals surface area contributed by atoms with E-state index >= 15 is 0 Å². The third kappa shape index (κ3) is 6.04. The molecule has 146 valence electrons. The predicted octanol–water partition coefficient (Wildman–Crippen LogP) is 7.21. The van der Waals surface area contributed by atoms with E-state index in [1.165, 1.54) is 5.56 Å². The molecule has 0 saturated carbocycles. The van der Waals surface area contributed by atoms with Gasteiger partial charge in [-0.25, -0.2) is 0 Å². The quantitative estimate of drug-likeness (QED) is 0.363. The van der Waals surface area contributed by atoms with Gasteiger partial charge in [-0.3, -0.25) is 0 Å². The Hall–Kier alpha value is -1.42. The van der Waals surface area contributed by atoms with Crippen LogP contribution in [0.4, 0.5) is 0 Å². The number of benzene rings is 3. The average Bonchev–Trinajstić information content (AvgIpc) is 2.67. The van der Waals surface area contributed by atoms with Crippen LogP contribution in [0.15, 0.2) is 60.7 Å². The number of hydrogen-bond acceptors (Lipinski definition) is 2. The zero-order chi connectivity index (χ0) is 19.9. The van der Waals surface area contributed by atoms with Gasteiger partial charge in [0.2, 0.25) is 0 Å². The third-order valence-electron chi connectivity index (χ3n) is 4.28. The fraction of sp³-hybridized carbons (Fsp3) is 0.182. The summed E-state index contributed by atoms with van der Waals surface area (Å²) in [6, 6.07) is 19.0. The van der Waals surface area contributed by atoms with Gasteiger partial charge >= 0.3 is 0 Å². The first-order valence-corrected chi connectivity index (χ1v) is 10.3. The maximum atomic E-state index is 6.19. The lowest BCUT2D eigenvalue weighted by molar-refractivity contribution is 0.306. The zero-order valence-corrected chi connectivity index (χ0v) is 18.0. The van der Waals surface area contributed by atoms with Crippen LogP contribution in [0.25, 0.3) is 0 Å². The molecule has 0 radical (unpaired) electrons. The average molecular weight is 455 g/mol. The molecular weight excluding hydrogens is 436 g/mol. The Labute approximate surface area is 185 Å². The first-order valence-electron chi connectivity index (χ1n) is 8.82. The molecule has 0 unspecified atom stereocenters. The van der Waals surface area contributed by atoms with E-state index in [1.807, 2.05) is 42.5 Å². The van der Waals surface area contributed by atoms with Crippen LogP contribution >= 0.6 is 46.4 Å². The van der Waals surface area contributed by atoms with Crippen molar-refractivity contribution < 1.29 is 4.74 Å². The lowest BCUT2D eigenvalue weighted by atomic mass is 10.1. The van der Waals surface area contributed by atoms with E-state index in [9.17, 15) is 0 Å². The molecule has 0 spiro atoms. The zero-order valence-electron chi connectivity index (χ0n) is 15.0. The van der Waals surface area contributed by atoms with Crippen molar-refractivity contribution in [3.05, 3.63) is 97.4 Å². The van der Waals surface area contributed by atoms with E-state index in [0.717, 1.165) is 36.4 Å². The summed E-state index contributed by atoms with van der Waals surface area (Å²) in [6.45, 7) is 1.92. The van der Waals surface area contributed by atoms with Crippen molar-refractivity contribution in [2.75, 3.05) is 6.54 Å². The summed E-state index contributed by atoms with van der Waals surface area (Å²) in [5.74, 6) is 0.771. The molecule has 0 aliphatic heterocycles. The molecule has 3 rings (SSSR count). The molecule has 6 heteroatoms. The Morgan fingerprint density at radius 3 is 2.18 bits per heavy atom. The number of halogens is 4. The molecular formula is C22H19Cl4NO. The maximum absolute atomic E-state index is 6.19. The molecule has 0 saturated heterocycles. The third-order valence-corrected chi connectivity index (χ3v) is 5.58. The summed E-state index contributed by atoms with van der Waals surface area (Å²) in [4.78, 5) is 0. The number of ether oxygens (including phenoxy) is 1. The summed E-state index contributed by atoms with van der Waals surface area (Å²) in [7, 11) is 0. The molecule has 0 amide bonds. The molecule has 1 N–H and O–H groups in total. The fourth-order valence-corrected chi connectivity index (χ4v) is 3.72. The summed E-state index contributed by atoms with van der Waals surface area (Å²) >= 11 is 24.4. The highest BCUT2D eigenvalue weighted by atomic mass is 35.5. The fourth-order valence-electron chi connectivity index (χ4n) is 2.71. The highest BCUT2D eigenvalue weighted by Gasteiger charge is 2.06. The Morgan fingerprint density at radius 1 is 0.786 bits per heavy atom. The van der Waals surface area contributed by atoms with E-state index in [4.69, 9.17) is 51.1 Å². The standard InChI is InChI=1S/C22H19Cl4NO/c23-17-7-6-16(22(26)12-17)10-11-27-13-15-4-8-18(9-5-15)28-14-19-20(24)2-1-3-21(19)25/h1-9,12,27H,10-11,13-14H2. The Morgan fingerprint density at radius 2 is 1.50 bits per heavy atom. The lowest BCUT2D eigenvalue weighted by Gasteiger charge is -2.10. The maximum Gasteiger partial charge on any atom is 0.119 e. The van der Waals surface area contributed by atoms with Crippen LogP contribution < -0.4 is 10.1 Å². The smallest absolute Gasteiger partial charge is 0.119 e. The highest BCUT2D eigenvalue weighted by Crippen LogP contribution is 2.26. The molecule has 0 aliphatic carbocycles. The highest BCUT2D eigenvalue weighted by molar-refractivity contribution is 6.36. The molecule has 0 bridgehead atoms. The van der Waals surface area contributed by atoms with E-state index in [-0.39, 0.29) is 0 Å². The monoisotopic (exact) mass is 453 g/mol. The summed E-state index contributed by atoms with van der Waals surface area (Å²) < 4.78 is 5.80. The van der Waals surface area contributed by atoms with Crippen LogP contribution in [0, 0.1) is 0 Å². The van der Waals surface area contributed by atoms with Crippen LogP contribution in [0.5, 0.6) is 5.75 Å². The summed E-state index contributed by atoms with van der Waals surface area (Å²) in [5.41, 5.74) is 3.04. The van der Waals surface area contributed by atoms with E-state index in [2.05, 4.69) is 5.32 Å². The summed E-state index contributed by atoms with van der Waals surface area (Å²) in [6.07, 6.45) is 0.843. The first kappa shape index (κ1) is 21.3. The Bertz CT molecular complexity index is 908. The van der Waals surface area contributed by atoms with E-state index in [1.54, 1.807) is 18.2 Å². The van der Waals surface area contributed by atoms with Gasteiger partial charge in [-0.1, -0.05) is 70.7 Å². The van der Waals surface area contributed by atoms with Crippen LogP contribution in [0.2, 0.25) is 20.1 Å². The van der Waals surface area contributed by atoms with Crippen molar-refractivity contribution in [1.82, 2.24) is 5.32 Å². The van der Waals surface area contributed by atoms with Crippen LogP contribution in [-0.2, 0) is 19.6 Å². The number of nitrogens with one attached hydrogen (secondary N) is 1. The van der Waals surface area contributed by atoms with Crippen LogP contribution in [0.1, 0.15) is 16.7 Å². The van der Waals surface area contributed by atoms with Gasteiger partial charge in [0.15, 0.2) is 0 Å². The number of hydrogen-bond donors (Lipinski definition) is 1. The van der Waals surface area contributed by atoms with Crippen molar-refractivity contribution in [2.45, 2.75) is 19.6 Å². The minimum absolute atomic E-state index is 0.331. The Balaban J connectivity index is 1.45. The molecule has 0 aliphatic rings. The van der Waals surface area contributed by atoms with Gasteiger partial charge in [0.1, 0.15) is 12.4 Å². The lowest BCUT2D eigenvalue weighted by Crippen LogP contribution is -2.16. The molecule has 0 heterocycles.